The van der Waals surface area contributed by atoms with E-state index in [4.69, 9.17) is 14.0 Å². The number of amides is 1. The summed E-state index contributed by atoms with van der Waals surface area (Å²) in [6, 6.07) is 7.35. The van der Waals surface area contributed by atoms with Gasteiger partial charge in [-0.2, -0.15) is 0 Å². The highest BCUT2D eigenvalue weighted by atomic mass is 16.6. The van der Waals surface area contributed by atoms with Gasteiger partial charge in [-0.3, -0.25) is 4.79 Å². The van der Waals surface area contributed by atoms with Crippen molar-refractivity contribution in [2.45, 2.75) is 39.4 Å². The second kappa shape index (κ2) is 6.32. The predicted molar refractivity (Wildman–Crippen MR) is 83.6 cm³/mol. The number of aromatic nitrogens is 1. The highest BCUT2D eigenvalue weighted by Gasteiger charge is 2.33. The van der Waals surface area contributed by atoms with E-state index in [2.05, 4.69) is 10.5 Å². The topological polar surface area (TPSA) is 73.6 Å². The van der Waals surface area contributed by atoms with E-state index < -0.39 is 6.10 Å². The predicted octanol–water partition coefficient (Wildman–Crippen LogP) is 2.18. The minimum Gasteiger partial charge on any atom is -0.482 e. The fraction of sp³-hybridized carbons (Fsp3) is 0.412. The highest BCUT2D eigenvalue weighted by Crippen LogP contribution is 2.33. The molecule has 0 bridgehead atoms. The summed E-state index contributed by atoms with van der Waals surface area (Å²) in [7, 11) is 0. The monoisotopic (exact) mass is 316 g/mol. The molecule has 1 N–H and O–H groups in total. The lowest BCUT2D eigenvalue weighted by atomic mass is 10.1. The molecule has 0 spiro atoms. The molecule has 2 aromatic rings. The quantitative estimate of drug-likeness (QED) is 0.936. The Morgan fingerprint density at radius 1 is 1.22 bits per heavy atom. The summed E-state index contributed by atoms with van der Waals surface area (Å²) in [5.74, 6) is 1.87. The molecular formula is C17H20N2O4. The average molecular weight is 316 g/mol. The standard InChI is InChI=1S/C17H20N2O4/c1-10-13(11(2)23-19-10)8-9-18-17(20)16-12(3)21-14-6-4-5-7-15(14)22-16/h4-7,12,16H,8-9H2,1-3H3,(H,18,20). The number of carbonyl (C=O) groups excluding carboxylic acids is 1. The summed E-state index contributed by atoms with van der Waals surface area (Å²) in [6.45, 7) is 6.09. The van der Waals surface area contributed by atoms with E-state index >= 15 is 0 Å². The van der Waals surface area contributed by atoms with E-state index in [1.807, 2.05) is 39.0 Å². The van der Waals surface area contributed by atoms with E-state index in [0.29, 0.717) is 24.5 Å². The summed E-state index contributed by atoms with van der Waals surface area (Å²) in [5, 5.41) is 6.80. The molecule has 6 nitrogen and oxygen atoms in total. The second-order valence-corrected chi connectivity index (χ2v) is 5.65. The van der Waals surface area contributed by atoms with Crippen LogP contribution in [-0.4, -0.2) is 29.8 Å². The van der Waals surface area contributed by atoms with Crippen molar-refractivity contribution in [3.8, 4) is 11.5 Å². The van der Waals surface area contributed by atoms with Crippen LogP contribution in [0.2, 0.25) is 0 Å². The lowest BCUT2D eigenvalue weighted by Crippen LogP contribution is -2.49. The third-order valence-corrected chi connectivity index (χ3v) is 3.96. The van der Waals surface area contributed by atoms with Crippen LogP contribution in [-0.2, 0) is 11.2 Å². The Morgan fingerprint density at radius 3 is 2.57 bits per heavy atom. The Morgan fingerprint density at radius 2 is 1.91 bits per heavy atom. The van der Waals surface area contributed by atoms with Crippen LogP contribution in [0.1, 0.15) is 23.9 Å². The summed E-state index contributed by atoms with van der Waals surface area (Å²) in [5.41, 5.74) is 1.89. The molecular weight excluding hydrogens is 296 g/mol. The van der Waals surface area contributed by atoms with Gasteiger partial charge in [0.1, 0.15) is 11.9 Å². The second-order valence-electron chi connectivity index (χ2n) is 5.65. The number of carbonyl (C=O) groups is 1. The molecule has 0 radical (unpaired) electrons. The number of hydrogen-bond acceptors (Lipinski definition) is 5. The Labute approximate surface area is 134 Å². The molecule has 0 saturated carbocycles. The van der Waals surface area contributed by atoms with Crippen LogP contribution in [0.15, 0.2) is 28.8 Å². The molecule has 1 amide bonds. The molecule has 0 fully saturated rings. The fourth-order valence-electron chi connectivity index (χ4n) is 2.68. The molecule has 3 rings (SSSR count). The van der Waals surface area contributed by atoms with Crippen LogP contribution in [0.5, 0.6) is 11.5 Å². The first kappa shape index (κ1) is 15.4. The van der Waals surface area contributed by atoms with E-state index in [-0.39, 0.29) is 12.0 Å². The molecule has 1 aliphatic heterocycles. The lowest BCUT2D eigenvalue weighted by molar-refractivity contribution is -0.133. The van der Waals surface area contributed by atoms with Gasteiger partial charge in [0.25, 0.3) is 5.91 Å². The first-order valence-corrected chi connectivity index (χ1v) is 7.68. The normalized spacial score (nSPS) is 19.4. The SMILES string of the molecule is Cc1noc(C)c1CCNC(=O)C1Oc2ccccc2OC1C. The van der Waals surface area contributed by atoms with Gasteiger partial charge in [0.05, 0.1) is 5.69 Å². The maximum atomic E-state index is 12.4. The number of fused-ring (bicyclic) bond motifs is 1. The molecule has 2 heterocycles. The zero-order valence-corrected chi connectivity index (χ0v) is 13.5. The number of benzene rings is 1. The van der Waals surface area contributed by atoms with Crippen LogP contribution in [0.25, 0.3) is 0 Å². The Hall–Kier alpha value is -2.50. The van der Waals surface area contributed by atoms with Gasteiger partial charge in [-0.05, 0) is 39.3 Å². The van der Waals surface area contributed by atoms with Gasteiger partial charge in [-0.25, -0.2) is 0 Å². The number of hydrogen-bond donors (Lipinski definition) is 1. The first-order valence-electron chi connectivity index (χ1n) is 7.68. The molecule has 1 aromatic heterocycles. The summed E-state index contributed by atoms with van der Waals surface area (Å²) in [4.78, 5) is 12.4. The summed E-state index contributed by atoms with van der Waals surface area (Å²) >= 11 is 0. The average Bonchev–Trinajstić information content (AvgIpc) is 2.86. The van der Waals surface area contributed by atoms with Gasteiger partial charge < -0.3 is 19.3 Å². The fourth-order valence-corrected chi connectivity index (χ4v) is 2.68. The molecule has 122 valence electrons. The molecule has 6 heteroatoms. The lowest BCUT2D eigenvalue weighted by Gasteiger charge is -2.31. The molecule has 2 atom stereocenters. The number of rotatable bonds is 4. The van der Waals surface area contributed by atoms with Gasteiger partial charge in [-0.1, -0.05) is 17.3 Å². The maximum Gasteiger partial charge on any atom is 0.265 e. The van der Waals surface area contributed by atoms with Crippen LogP contribution < -0.4 is 14.8 Å². The van der Waals surface area contributed by atoms with Gasteiger partial charge in [0.15, 0.2) is 11.5 Å². The molecule has 1 aromatic carbocycles. The first-order chi connectivity index (χ1) is 11.1. The van der Waals surface area contributed by atoms with Crippen molar-refractivity contribution in [1.29, 1.82) is 0 Å². The van der Waals surface area contributed by atoms with E-state index in [0.717, 1.165) is 17.0 Å². The molecule has 2 unspecified atom stereocenters. The van der Waals surface area contributed by atoms with Crippen molar-refractivity contribution < 1.29 is 18.8 Å². The molecule has 1 aliphatic rings. The zero-order chi connectivity index (χ0) is 16.4. The van der Waals surface area contributed by atoms with Crippen molar-refractivity contribution in [2.24, 2.45) is 0 Å². The van der Waals surface area contributed by atoms with Crippen molar-refractivity contribution >= 4 is 5.91 Å². The number of nitrogens with zero attached hydrogens (tertiary/aromatic N) is 1. The van der Waals surface area contributed by atoms with Gasteiger partial charge in [0, 0.05) is 12.1 Å². The van der Waals surface area contributed by atoms with Crippen molar-refractivity contribution in [3.63, 3.8) is 0 Å². The Kier molecular flexibility index (Phi) is 4.23. The smallest absolute Gasteiger partial charge is 0.265 e. The minimum atomic E-state index is -0.658. The third-order valence-electron chi connectivity index (χ3n) is 3.96. The van der Waals surface area contributed by atoms with Crippen LogP contribution in [0.3, 0.4) is 0 Å². The highest BCUT2D eigenvalue weighted by molar-refractivity contribution is 5.82. The Bertz CT molecular complexity index is 691. The van der Waals surface area contributed by atoms with Crippen LogP contribution in [0, 0.1) is 13.8 Å². The minimum absolute atomic E-state index is 0.182. The van der Waals surface area contributed by atoms with E-state index in [9.17, 15) is 4.79 Å². The largest absolute Gasteiger partial charge is 0.482 e. The zero-order valence-electron chi connectivity index (χ0n) is 13.5. The van der Waals surface area contributed by atoms with Gasteiger partial charge >= 0.3 is 0 Å². The van der Waals surface area contributed by atoms with Gasteiger partial charge in [-0.15, -0.1) is 0 Å². The molecule has 0 saturated heterocycles. The summed E-state index contributed by atoms with van der Waals surface area (Å²) < 4.78 is 16.6. The Balaban J connectivity index is 1.58. The number of aryl methyl sites for hydroxylation is 2. The number of nitrogens with one attached hydrogen (secondary N) is 1. The van der Waals surface area contributed by atoms with Gasteiger partial charge in [0.2, 0.25) is 6.10 Å². The van der Waals surface area contributed by atoms with Crippen molar-refractivity contribution in [1.82, 2.24) is 10.5 Å². The van der Waals surface area contributed by atoms with Crippen LogP contribution in [0.4, 0.5) is 0 Å². The molecule has 23 heavy (non-hydrogen) atoms. The number of para-hydroxylation sites is 2. The maximum absolute atomic E-state index is 12.4. The van der Waals surface area contributed by atoms with E-state index in [1.165, 1.54) is 0 Å². The summed E-state index contributed by atoms with van der Waals surface area (Å²) in [6.07, 6.45) is -0.329. The van der Waals surface area contributed by atoms with Crippen molar-refractivity contribution in [3.05, 3.63) is 41.3 Å². The molecule has 0 aliphatic carbocycles. The van der Waals surface area contributed by atoms with E-state index in [1.54, 1.807) is 6.07 Å². The van der Waals surface area contributed by atoms with Crippen molar-refractivity contribution in [2.75, 3.05) is 6.54 Å². The third kappa shape index (κ3) is 3.16. The van der Waals surface area contributed by atoms with Crippen LogP contribution >= 0.6 is 0 Å². The number of ether oxygens (including phenoxy) is 2.